The Balaban J connectivity index is 2.56. The van der Waals surface area contributed by atoms with Crippen LogP contribution in [0.4, 0.5) is 0 Å². The third-order valence-corrected chi connectivity index (χ3v) is 2.94. The van der Waals surface area contributed by atoms with E-state index < -0.39 is 0 Å². The number of aliphatic hydroxyl groups excluding tert-OH is 1. The fourth-order valence-electron chi connectivity index (χ4n) is 1.39. The summed E-state index contributed by atoms with van der Waals surface area (Å²) in [4.78, 5) is 13.2. The van der Waals surface area contributed by atoms with E-state index in [1.807, 2.05) is 0 Å². The van der Waals surface area contributed by atoms with Crippen LogP contribution < -0.4 is 10.5 Å². The van der Waals surface area contributed by atoms with Gasteiger partial charge in [0.1, 0.15) is 5.75 Å². The summed E-state index contributed by atoms with van der Waals surface area (Å²) >= 11 is 0. The normalized spacial score (nSPS) is 12.8. The zero-order valence-electron chi connectivity index (χ0n) is 11.5. The minimum absolute atomic E-state index is 0.00382. The minimum Gasteiger partial charge on any atom is -0.484 e. The van der Waals surface area contributed by atoms with Crippen molar-refractivity contribution in [2.75, 3.05) is 20.3 Å². The lowest BCUT2D eigenvalue weighted by Crippen LogP contribution is -2.40. The molecule has 0 bridgehead atoms. The number of nitrogens with zero attached hydrogens (tertiary/aromatic N) is 2. The van der Waals surface area contributed by atoms with Crippen LogP contribution in [0.2, 0.25) is 0 Å². The molecule has 1 aromatic carbocycles. The van der Waals surface area contributed by atoms with Crippen LogP contribution in [-0.2, 0) is 4.79 Å². The number of nitrogens with two attached hydrogens (primary N) is 1. The minimum atomic E-state index is -0.256. The maximum atomic E-state index is 11.8. The summed E-state index contributed by atoms with van der Waals surface area (Å²) < 4.78 is 5.34. The van der Waals surface area contributed by atoms with E-state index in [0.29, 0.717) is 11.3 Å². The first kappa shape index (κ1) is 15.8. The van der Waals surface area contributed by atoms with Crippen molar-refractivity contribution in [3.63, 3.8) is 0 Å². The molecule has 0 radical (unpaired) electrons. The topological polar surface area (TPSA) is 108 Å². The molecule has 7 nitrogen and oxygen atoms in total. The average Bonchev–Trinajstić information content (AvgIpc) is 2.50. The van der Waals surface area contributed by atoms with Gasteiger partial charge in [-0.1, -0.05) is 5.16 Å². The van der Waals surface area contributed by atoms with Crippen LogP contribution in [0.3, 0.4) is 0 Å². The van der Waals surface area contributed by atoms with Gasteiger partial charge in [0.2, 0.25) is 0 Å². The smallest absolute Gasteiger partial charge is 0.260 e. The second-order valence-corrected chi connectivity index (χ2v) is 4.33. The highest BCUT2D eigenvalue weighted by Crippen LogP contribution is 2.12. The third-order valence-electron chi connectivity index (χ3n) is 2.94. The number of carbonyl (C=O) groups is 1. The van der Waals surface area contributed by atoms with Crippen molar-refractivity contribution in [2.45, 2.75) is 13.0 Å². The summed E-state index contributed by atoms with van der Waals surface area (Å²) in [6, 6.07) is 6.23. The second-order valence-electron chi connectivity index (χ2n) is 4.33. The Morgan fingerprint density at radius 3 is 2.55 bits per heavy atom. The number of rotatable bonds is 6. The van der Waals surface area contributed by atoms with Crippen LogP contribution in [0.25, 0.3) is 0 Å². The van der Waals surface area contributed by atoms with Crippen molar-refractivity contribution in [3.05, 3.63) is 29.8 Å². The Hall–Kier alpha value is -2.28. The molecule has 0 aliphatic carbocycles. The van der Waals surface area contributed by atoms with Crippen LogP contribution in [-0.4, -0.2) is 53.3 Å². The molecule has 1 amide bonds. The van der Waals surface area contributed by atoms with Gasteiger partial charge in [-0.2, -0.15) is 0 Å². The molecule has 1 unspecified atom stereocenters. The second kappa shape index (κ2) is 7.34. The van der Waals surface area contributed by atoms with Crippen molar-refractivity contribution in [3.8, 4) is 5.75 Å². The van der Waals surface area contributed by atoms with Gasteiger partial charge >= 0.3 is 0 Å². The highest BCUT2D eigenvalue weighted by Gasteiger charge is 2.15. The van der Waals surface area contributed by atoms with Crippen LogP contribution >= 0.6 is 0 Å². The van der Waals surface area contributed by atoms with E-state index in [9.17, 15) is 4.79 Å². The fourth-order valence-corrected chi connectivity index (χ4v) is 1.39. The van der Waals surface area contributed by atoms with Gasteiger partial charge in [0.05, 0.1) is 12.6 Å². The van der Waals surface area contributed by atoms with E-state index >= 15 is 0 Å². The Morgan fingerprint density at radius 1 is 1.45 bits per heavy atom. The SMILES string of the molecule is CC(CO)N(C)C(=O)COc1ccc(/C(N)=N/O)cc1. The highest BCUT2D eigenvalue weighted by atomic mass is 16.5. The van der Waals surface area contributed by atoms with Crippen molar-refractivity contribution in [1.82, 2.24) is 4.90 Å². The molecule has 4 N–H and O–H groups in total. The number of aliphatic hydroxyl groups is 1. The standard InChI is InChI=1S/C13H19N3O4/c1-9(7-17)16(2)12(18)8-20-11-5-3-10(4-6-11)13(14)15-19/h3-6,9,17,19H,7-8H2,1-2H3,(H2,14,15). The van der Waals surface area contributed by atoms with E-state index in [4.69, 9.17) is 20.8 Å². The molecule has 0 fully saturated rings. The summed E-state index contributed by atoms with van der Waals surface area (Å²) in [6.45, 7) is 1.52. The zero-order chi connectivity index (χ0) is 15.1. The summed E-state index contributed by atoms with van der Waals surface area (Å²) in [6.07, 6.45) is 0. The molecule has 1 rings (SSSR count). The third kappa shape index (κ3) is 4.13. The van der Waals surface area contributed by atoms with Gasteiger partial charge in [0.15, 0.2) is 12.4 Å². The average molecular weight is 281 g/mol. The van der Waals surface area contributed by atoms with Crippen LogP contribution in [0.5, 0.6) is 5.75 Å². The molecule has 0 aliphatic heterocycles. The van der Waals surface area contributed by atoms with Gasteiger partial charge in [0, 0.05) is 12.6 Å². The zero-order valence-corrected chi connectivity index (χ0v) is 11.5. The van der Waals surface area contributed by atoms with Crippen molar-refractivity contribution < 1.29 is 19.8 Å². The fraction of sp³-hybridized carbons (Fsp3) is 0.385. The van der Waals surface area contributed by atoms with Gasteiger partial charge in [-0.3, -0.25) is 4.79 Å². The summed E-state index contributed by atoms with van der Waals surface area (Å²) in [5, 5.41) is 20.4. The molecule has 1 atom stereocenters. The summed E-state index contributed by atoms with van der Waals surface area (Å²) in [5.74, 6) is 0.272. The number of hydrogen-bond donors (Lipinski definition) is 3. The lowest BCUT2D eigenvalue weighted by atomic mass is 10.2. The van der Waals surface area contributed by atoms with E-state index in [0.717, 1.165) is 0 Å². The number of hydrogen-bond acceptors (Lipinski definition) is 5. The Labute approximate surface area is 117 Å². The molecule has 0 spiro atoms. The Bertz CT molecular complexity index is 473. The quantitative estimate of drug-likeness (QED) is 0.294. The number of ether oxygens (including phenoxy) is 1. The molecule has 0 aliphatic rings. The molecule has 0 heterocycles. The molecule has 0 aromatic heterocycles. The molecule has 7 heteroatoms. The molecule has 0 saturated carbocycles. The first-order valence-electron chi connectivity index (χ1n) is 6.06. The first-order valence-corrected chi connectivity index (χ1v) is 6.06. The number of amides is 1. The molecule has 0 saturated heterocycles. The number of likely N-dealkylation sites (N-methyl/N-ethyl adjacent to an activating group) is 1. The lowest BCUT2D eigenvalue weighted by molar-refractivity contribution is -0.134. The van der Waals surface area contributed by atoms with Gasteiger partial charge in [-0.05, 0) is 31.2 Å². The van der Waals surface area contributed by atoms with Crippen molar-refractivity contribution in [1.29, 1.82) is 0 Å². The maximum absolute atomic E-state index is 11.8. The van der Waals surface area contributed by atoms with Gasteiger partial charge in [-0.25, -0.2) is 0 Å². The largest absolute Gasteiger partial charge is 0.484 e. The Kier molecular flexibility index (Phi) is 5.79. The molecular weight excluding hydrogens is 262 g/mol. The summed E-state index contributed by atoms with van der Waals surface area (Å²) in [5.41, 5.74) is 5.98. The molecule has 110 valence electrons. The molecule has 20 heavy (non-hydrogen) atoms. The first-order chi connectivity index (χ1) is 9.49. The van der Waals surface area contributed by atoms with Crippen LogP contribution in [0.1, 0.15) is 12.5 Å². The highest BCUT2D eigenvalue weighted by molar-refractivity contribution is 5.97. The van der Waals surface area contributed by atoms with Gasteiger partial charge in [-0.15, -0.1) is 0 Å². The number of carbonyl (C=O) groups excluding carboxylic acids is 1. The van der Waals surface area contributed by atoms with E-state index in [1.54, 1.807) is 38.2 Å². The predicted octanol–water partition coefficient (Wildman–Crippen LogP) is -0.000900. The number of oxime groups is 1. The lowest BCUT2D eigenvalue weighted by Gasteiger charge is -2.23. The Morgan fingerprint density at radius 2 is 2.05 bits per heavy atom. The monoisotopic (exact) mass is 281 g/mol. The maximum Gasteiger partial charge on any atom is 0.260 e. The van der Waals surface area contributed by atoms with E-state index in [1.165, 1.54) is 4.90 Å². The summed E-state index contributed by atoms with van der Waals surface area (Å²) in [7, 11) is 1.61. The van der Waals surface area contributed by atoms with Crippen LogP contribution in [0.15, 0.2) is 29.4 Å². The predicted molar refractivity (Wildman–Crippen MR) is 73.8 cm³/mol. The van der Waals surface area contributed by atoms with Gasteiger partial charge < -0.3 is 25.7 Å². The van der Waals surface area contributed by atoms with Crippen molar-refractivity contribution in [2.24, 2.45) is 10.9 Å². The molecule has 1 aromatic rings. The van der Waals surface area contributed by atoms with E-state index in [2.05, 4.69) is 5.16 Å². The number of amidine groups is 1. The molecular formula is C13H19N3O4. The van der Waals surface area contributed by atoms with Crippen molar-refractivity contribution >= 4 is 11.7 Å². The van der Waals surface area contributed by atoms with Crippen LogP contribution in [0, 0.1) is 0 Å². The number of benzene rings is 1. The van der Waals surface area contributed by atoms with E-state index in [-0.39, 0.29) is 31.0 Å². The van der Waals surface area contributed by atoms with Gasteiger partial charge in [0.25, 0.3) is 5.91 Å².